The molecule has 3 rings (SSSR count). The molecular weight excluding hydrogens is 384 g/mol. The lowest BCUT2D eigenvalue weighted by molar-refractivity contribution is 0.0474. The van der Waals surface area contributed by atoms with Crippen LogP contribution in [0, 0.1) is 6.92 Å². The number of rotatable bonds is 7. The minimum atomic E-state index is -0.602. The van der Waals surface area contributed by atoms with Gasteiger partial charge in [0.15, 0.2) is 12.4 Å². The summed E-state index contributed by atoms with van der Waals surface area (Å²) in [6, 6.07) is 19.5. The largest absolute Gasteiger partial charge is 0.497 e. The molecule has 0 aliphatic carbocycles. The molecule has 0 fully saturated rings. The standard InChI is InChI=1S/C24H20O6/c1-16-3-5-19(6-4-16)24(27)30-21-13-7-17(8-14-21)22(25)15-29-23(26)18-9-11-20(28-2)12-10-18/h3-14H,15H2,1-2H3. The number of aryl methyl sites for hydroxylation is 1. The van der Waals surface area contributed by atoms with Crippen LogP contribution in [-0.4, -0.2) is 31.4 Å². The fourth-order valence-corrected chi connectivity index (χ4v) is 2.59. The summed E-state index contributed by atoms with van der Waals surface area (Å²) in [5.74, 6) is -0.524. The third-order valence-electron chi connectivity index (χ3n) is 4.33. The predicted molar refractivity (Wildman–Crippen MR) is 110 cm³/mol. The minimum absolute atomic E-state index is 0.312. The van der Waals surface area contributed by atoms with E-state index in [0.717, 1.165) is 5.56 Å². The third-order valence-corrected chi connectivity index (χ3v) is 4.33. The Hall–Kier alpha value is -3.93. The van der Waals surface area contributed by atoms with E-state index in [4.69, 9.17) is 14.2 Å². The van der Waals surface area contributed by atoms with Gasteiger partial charge in [0.25, 0.3) is 0 Å². The van der Waals surface area contributed by atoms with Crippen LogP contribution in [0.25, 0.3) is 0 Å². The second-order valence-electron chi connectivity index (χ2n) is 6.51. The SMILES string of the molecule is COc1ccc(C(=O)OCC(=O)c2ccc(OC(=O)c3ccc(C)cc3)cc2)cc1. The first-order valence-corrected chi connectivity index (χ1v) is 9.19. The molecule has 0 amide bonds. The summed E-state index contributed by atoms with van der Waals surface area (Å²) < 4.78 is 15.4. The van der Waals surface area contributed by atoms with Crippen molar-refractivity contribution >= 4 is 17.7 Å². The van der Waals surface area contributed by atoms with Crippen LogP contribution < -0.4 is 9.47 Å². The van der Waals surface area contributed by atoms with Gasteiger partial charge in [0.1, 0.15) is 11.5 Å². The van der Waals surface area contributed by atoms with E-state index in [1.165, 1.54) is 31.4 Å². The monoisotopic (exact) mass is 404 g/mol. The summed E-state index contributed by atoms with van der Waals surface area (Å²) in [7, 11) is 1.53. The van der Waals surface area contributed by atoms with Crippen LogP contribution in [-0.2, 0) is 4.74 Å². The van der Waals surface area contributed by atoms with Crippen molar-refractivity contribution in [2.45, 2.75) is 6.92 Å². The zero-order valence-corrected chi connectivity index (χ0v) is 16.6. The summed E-state index contributed by atoms with van der Waals surface area (Å²) in [6.45, 7) is 1.53. The van der Waals surface area contributed by atoms with Crippen LogP contribution >= 0.6 is 0 Å². The van der Waals surface area contributed by atoms with Crippen LogP contribution in [0.4, 0.5) is 0 Å². The molecule has 0 saturated heterocycles. The van der Waals surface area contributed by atoms with E-state index < -0.39 is 18.5 Å². The fourth-order valence-electron chi connectivity index (χ4n) is 2.59. The van der Waals surface area contributed by atoms with Gasteiger partial charge in [0.2, 0.25) is 0 Å². The molecule has 0 radical (unpaired) electrons. The van der Waals surface area contributed by atoms with E-state index in [1.807, 2.05) is 19.1 Å². The topological polar surface area (TPSA) is 78.9 Å². The van der Waals surface area contributed by atoms with Crippen molar-refractivity contribution < 1.29 is 28.6 Å². The maximum Gasteiger partial charge on any atom is 0.343 e. The first kappa shape index (κ1) is 20.8. The van der Waals surface area contributed by atoms with Crippen molar-refractivity contribution in [3.63, 3.8) is 0 Å². The smallest absolute Gasteiger partial charge is 0.343 e. The zero-order valence-electron chi connectivity index (χ0n) is 16.6. The Bertz CT molecular complexity index is 1030. The molecule has 3 aromatic carbocycles. The number of ether oxygens (including phenoxy) is 3. The average molecular weight is 404 g/mol. The van der Waals surface area contributed by atoms with Gasteiger partial charge < -0.3 is 14.2 Å². The van der Waals surface area contributed by atoms with Crippen LogP contribution in [0.2, 0.25) is 0 Å². The first-order valence-electron chi connectivity index (χ1n) is 9.19. The van der Waals surface area contributed by atoms with Gasteiger partial charge in [0, 0.05) is 5.56 Å². The average Bonchev–Trinajstić information content (AvgIpc) is 2.78. The van der Waals surface area contributed by atoms with Crippen LogP contribution in [0.1, 0.15) is 36.6 Å². The molecule has 0 spiro atoms. The van der Waals surface area contributed by atoms with Gasteiger partial charge in [-0.15, -0.1) is 0 Å². The number of methoxy groups -OCH3 is 1. The van der Waals surface area contributed by atoms with Crippen molar-refractivity contribution in [1.82, 2.24) is 0 Å². The lowest BCUT2D eigenvalue weighted by atomic mass is 10.1. The second-order valence-corrected chi connectivity index (χ2v) is 6.51. The Kier molecular flexibility index (Phi) is 6.60. The molecule has 0 aliphatic rings. The molecule has 0 N–H and O–H groups in total. The maximum atomic E-state index is 12.3. The lowest BCUT2D eigenvalue weighted by Gasteiger charge is -2.07. The van der Waals surface area contributed by atoms with Gasteiger partial charge in [-0.1, -0.05) is 17.7 Å². The van der Waals surface area contributed by atoms with Crippen molar-refractivity contribution in [2.24, 2.45) is 0 Å². The van der Waals surface area contributed by atoms with Gasteiger partial charge in [-0.2, -0.15) is 0 Å². The Morgan fingerprint density at radius 3 is 1.77 bits per heavy atom. The number of benzene rings is 3. The molecule has 0 atom stereocenters. The Morgan fingerprint density at radius 2 is 1.17 bits per heavy atom. The lowest BCUT2D eigenvalue weighted by Crippen LogP contribution is -2.14. The highest BCUT2D eigenvalue weighted by Crippen LogP contribution is 2.16. The molecular formula is C24H20O6. The van der Waals surface area contributed by atoms with Crippen LogP contribution in [0.5, 0.6) is 11.5 Å². The number of carbonyl (C=O) groups is 3. The fraction of sp³-hybridized carbons (Fsp3) is 0.125. The van der Waals surface area contributed by atoms with Gasteiger partial charge in [-0.25, -0.2) is 9.59 Å². The molecule has 0 bridgehead atoms. The maximum absolute atomic E-state index is 12.3. The molecule has 0 aromatic heterocycles. The third kappa shape index (κ3) is 5.32. The summed E-state index contributed by atoms with van der Waals surface area (Å²) in [6.07, 6.45) is 0. The normalized spacial score (nSPS) is 10.2. The van der Waals surface area contributed by atoms with Crippen molar-refractivity contribution in [3.8, 4) is 11.5 Å². The van der Waals surface area contributed by atoms with Gasteiger partial charge in [-0.05, 0) is 67.6 Å². The molecule has 0 aliphatic heterocycles. The highest BCUT2D eigenvalue weighted by molar-refractivity contribution is 5.99. The van der Waals surface area contributed by atoms with Gasteiger partial charge in [0.05, 0.1) is 18.2 Å². The summed E-state index contributed by atoms with van der Waals surface area (Å²) in [5, 5.41) is 0. The van der Waals surface area contributed by atoms with Crippen LogP contribution in [0.15, 0.2) is 72.8 Å². The van der Waals surface area contributed by atoms with Crippen LogP contribution in [0.3, 0.4) is 0 Å². The van der Waals surface area contributed by atoms with Crippen molar-refractivity contribution in [1.29, 1.82) is 0 Å². The first-order chi connectivity index (χ1) is 14.5. The molecule has 6 nitrogen and oxygen atoms in total. The highest BCUT2D eigenvalue weighted by Gasteiger charge is 2.13. The number of hydrogen-bond donors (Lipinski definition) is 0. The Morgan fingerprint density at radius 1 is 0.667 bits per heavy atom. The van der Waals surface area contributed by atoms with E-state index >= 15 is 0 Å². The van der Waals surface area contributed by atoms with Gasteiger partial charge >= 0.3 is 11.9 Å². The molecule has 152 valence electrons. The molecule has 6 heteroatoms. The van der Waals surface area contributed by atoms with E-state index in [-0.39, 0.29) is 5.78 Å². The van der Waals surface area contributed by atoms with Crippen molar-refractivity contribution in [3.05, 3.63) is 95.1 Å². The number of hydrogen-bond acceptors (Lipinski definition) is 6. The summed E-state index contributed by atoms with van der Waals surface area (Å²) in [5.41, 5.74) is 2.14. The number of Topliss-reactive ketones (excluding diaryl/α,β-unsaturated/α-hetero) is 1. The van der Waals surface area contributed by atoms with Crippen molar-refractivity contribution in [2.75, 3.05) is 13.7 Å². The van der Waals surface area contributed by atoms with E-state index in [0.29, 0.717) is 28.2 Å². The van der Waals surface area contributed by atoms with E-state index in [1.54, 1.807) is 36.4 Å². The summed E-state index contributed by atoms with van der Waals surface area (Å²) >= 11 is 0. The van der Waals surface area contributed by atoms with E-state index in [2.05, 4.69) is 0 Å². The van der Waals surface area contributed by atoms with Gasteiger partial charge in [-0.3, -0.25) is 4.79 Å². The highest BCUT2D eigenvalue weighted by atomic mass is 16.5. The summed E-state index contributed by atoms with van der Waals surface area (Å²) in [4.78, 5) is 36.4. The minimum Gasteiger partial charge on any atom is -0.497 e. The number of carbonyl (C=O) groups excluding carboxylic acids is 3. The molecule has 0 heterocycles. The molecule has 0 saturated carbocycles. The quantitative estimate of drug-likeness (QED) is 0.333. The number of ketones is 1. The second kappa shape index (κ2) is 9.52. The number of esters is 2. The Labute approximate surface area is 174 Å². The van der Waals surface area contributed by atoms with E-state index in [9.17, 15) is 14.4 Å². The molecule has 3 aromatic rings. The Balaban J connectivity index is 1.54. The predicted octanol–water partition coefficient (Wildman–Crippen LogP) is 4.26. The molecule has 30 heavy (non-hydrogen) atoms. The zero-order chi connectivity index (χ0) is 21.5. The molecule has 0 unspecified atom stereocenters.